The van der Waals surface area contributed by atoms with Crippen molar-refractivity contribution in [1.29, 1.82) is 0 Å². The Morgan fingerprint density at radius 1 is 0.973 bits per heavy atom. The highest BCUT2D eigenvalue weighted by Crippen LogP contribution is 2.44. The number of aromatic amines is 1. The average molecular weight is 497 g/mol. The second-order valence-corrected chi connectivity index (χ2v) is 9.52. The van der Waals surface area contributed by atoms with Crippen molar-refractivity contribution >= 4 is 28.6 Å². The smallest absolute Gasteiger partial charge is 0.410 e. The molecule has 5 rings (SSSR count). The van der Waals surface area contributed by atoms with Gasteiger partial charge in [0.1, 0.15) is 13.2 Å². The van der Waals surface area contributed by atoms with Crippen LogP contribution in [0.2, 0.25) is 0 Å². The number of hydrogen-bond donors (Lipinski definition) is 3. The van der Waals surface area contributed by atoms with Gasteiger partial charge < -0.3 is 20.8 Å². The molecule has 0 saturated carbocycles. The molecule has 1 aliphatic rings. The predicted molar refractivity (Wildman–Crippen MR) is 147 cm³/mol. The first-order valence-corrected chi connectivity index (χ1v) is 12.7. The molecule has 7 nitrogen and oxygen atoms in total. The largest absolute Gasteiger partial charge is 0.448 e. The lowest BCUT2D eigenvalue weighted by Crippen LogP contribution is -2.39. The van der Waals surface area contributed by atoms with Crippen LogP contribution in [0.1, 0.15) is 35.6 Å². The van der Waals surface area contributed by atoms with Crippen molar-refractivity contribution in [3.63, 3.8) is 0 Å². The number of amides is 2. The van der Waals surface area contributed by atoms with Gasteiger partial charge >= 0.3 is 6.09 Å². The summed E-state index contributed by atoms with van der Waals surface area (Å²) in [4.78, 5) is 30.8. The van der Waals surface area contributed by atoms with Crippen LogP contribution in [0.4, 0.5) is 10.5 Å². The molecular weight excluding hydrogens is 464 g/mol. The van der Waals surface area contributed by atoms with Crippen LogP contribution < -0.4 is 11.1 Å². The number of nitrogens with two attached hydrogens (primary N) is 1. The van der Waals surface area contributed by atoms with Crippen LogP contribution in [0.25, 0.3) is 22.0 Å². The number of H-pyrrole nitrogens is 1. The van der Waals surface area contributed by atoms with E-state index >= 15 is 0 Å². The average Bonchev–Trinajstić information content (AvgIpc) is 3.43. The Morgan fingerprint density at radius 2 is 1.68 bits per heavy atom. The Bertz CT molecular complexity index is 1380. The second kappa shape index (κ2) is 10.9. The van der Waals surface area contributed by atoms with E-state index in [1.165, 1.54) is 16.0 Å². The molecule has 0 fully saturated rings. The van der Waals surface area contributed by atoms with E-state index < -0.39 is 6.09 Å². The molecule has 0 radical (unpaired) electrons. The van der Waals surface area contributed by atoms with Crippen LogP contribution in [-0.2, 0) is 9.53 Å². The van der Waals surface area contributed by atoms with Crippen molar-refractivity contribution in [3.8, 4) is 11.1 Å². The highest BCUT2D eigenvalue weighted by Gasteiger charge is 2.30. The number of carbonyl (C=O) groups excluding carboxylic acids is 2. The molecule has 3 aromatic carbocycles. The Hall–Kier alpha value is -4.10. The summed E-state index contributed by atoms with van der Waals surface area (Å²) in [5, 5.41) is 3.94. The first-order valence-electron chi connectivity index (χ1n) is 12.7. The molecule has 4 aromatic rings. The molecule has 4 N–H and O–H groups in total. The van der Waals surface area contributed by atoms with Crippen LogP contribution in [-0.4, -0.2) is 48.1 Å². The summed E-state index contributed by atoms with van der Waals surface area (Å²) in [6, 6.07) is 24.2. The molecule has 0 bridgehead atoms. The van der Waals surface area contributed by atoms with Gasteiger partial charge in [-0.2, -0.15) is 0 Å². The number of nitrogens with zero attached hydrogens (tertiary/aromatic N) is 1. The number of carbonyl (C=O) groups is 2. The summed E-state index contributed by atoms with van der Waals surface area (Å²) < 4.78 is 5.82. The zero-order chi connectivity index (χ0) is 25.8. The van der Waals surface area contributed by atoms with E-state index in [1.807, 2.05) is 55.5 Å². The molecule has 1 heterocycles. The monoisotopic (exact) mass is 496 g/mol. The van der Waals surface area contributed by atoms with Crippen LogP contribution in [0.15, 0.2) is 72.8 Å². The third kappa shape index (κ3) is 5.37. The molecule has 0 atom stereocenters. The molecule has 1 aliphatic carbocycles. The molecule has 0 saturated heterocycles. The normalized spacial score (nSPS) is 12.3. The number of hydrogen-bond acceptors (Lipinski definition) is 4. The Labute approximate surface area is 216 Å². The lowest BCUT2D eigenvalue weighted by atomic mass is 9.98. The minimum Gasteiger partial charge on any atom is -0.448 e. The van der Waals surface area contributed by atoms with Crippen LogP contribution in [0, 0.1) is 6.92 Å². The Kier molecular flexibility index (Phi) is 7.23. The van der Waals surface area contributed by atoms with Gasteiger partial charge in [-0.05, 0) is 72.8 Å². The number of aromatic nitrogens is 1. The molecule has 0 spiro atoms. The lowest BCUT2D eigenvalue weighted by Gasteiger charge is -2.23. The molecular formula is C30H32N4O3. The van der Waals surface area contributed by atoms with E-state index in [4.69, 9.17) is 10.5 Å². The molecule has 37 heavy (non-hydrogen) atoms. The van der Waals surface area contributed by atoms with Crippen molar-refractivity contribution in [1.82, 2.24) is 9.88 Å². The number of unbranched alkanes of at least 4 members (excludes halogenated alkanes) is 1. The first-order chi connectivity index (χ1) is 18.0. The van der Waals surface area contributed by atoms with Gasteiger partial charge in [0.25, 0.3) is 0 Å². The number of ether oxygens (including phenoxy) is 1. The summed E-state index contributed by atoms with van der Waals surface area (Å²) in [6.07, 6.45) is 0.964. The van der Waals surface area contributed by atoms with E-state index in [0.717, 1.165) is 34.1 Å². The topological polar surface area (TPSA) is 100 Å². The van der Waals surface area contributed by atoms with E-state index in [1.54, 1.807) is 0 Å². The van der Waals surface area contributed by atoms with Gasteiger partial charge in [-0.25, -0.2) is 4.79 Å². The van der Waals surface area contributed by atoms with Gasteiger partial charge in [0, 0.05) is 34.7 Å². The molecule has 1 aromatic heterocycles. The molecule has 2 amide bonds. The maximum atomic E-state index is 13.2. The highest BCUT2D eigenvalue weighted by atomic mass is 16.6. The summed E-state index contributed by atoms with van der Waals surface area (Å²) in [5.74, 6) is -0.305. The fraction of sp³-hybridized carbons (Fsp3) is 0.267. The van der Waals surface area contributed by atoms with Crippen molar-refractivity contribution < 1.29 is 14.3 Å². The van der Waals surface area contributed by atoms with Crippen LogP contribution in [0.5, 0.6) is 0 Å². The van der Waals surface area contributed by atoms with Crippen LogP contribution >= 0.6 is 0 Å². The van der Waals surface area contributed by atoms with Gasteiger partial charge in [0.05, 0.1) is 0 Å². The predicted octanol–water partition coefficient (Wildman–Crippen LogP) is 5.40. The first kappa shape index (κ1) is 24.6. The minimum atomic E-state index is -0.495. The number of nitrogens with one attached hydrogen (secondary N) is 2. The van der Waals surface area contributed by atoms with Gasteiger partial charge in [0.15, 0.2) is 0 Å². The molecule has 0 unspecified atom stereocenters. The SMILES string of the molecule is Cc1cc2cc(NC(=O)CN(CCCCN)C(=O)OCC3c4ccccc4-c4ccccc43)ccc2[nH]1. The van der Waals surface area contributed by atoms with Gasteiger partial charge in [-0.1, -0.05) is 48.5 Å². The van der Waals surface area contributed by atoms with Gasteiger partial charge in [-0.3, -0.25) is 9.69 Å². The second-order valence-electron chi connectivity index (χ2n) is 9.52. The summed E-state index contributed by atoms with van der Waals surface area (Å²) >= 11 is 0. The van der Waals surface area contributed by atoms with E-state index in [2.05, 4.69) is 34.6 Å². The van der Waals surface area contributed by atoms with E-state index in [-0.39, 0.29) is 25.0 Å². The fourth-order valence-electron chi connectivity index (χ4n) is 5.10. The number of aryl methyl sites for hydroxylation is 1. The number of fused-ring (bicyclic) bond motifs is 4. The Morgan fingerprint density at radius 3 is 2.38 bits per heavy atom. The molecule has 7 heteroatoms. The number of anilines is 1. The third-order valence-corrected chi connectivity index (χ3v) is 6.85. The number of benzene rings is 3. The van der Waals surface area contributed by atoms with Crippen molar-refractivity contribution in [2.45, 2.75) is 25.7 Å². The van der Waals surface area contributed by atoms with E-state index in [0.29, 0.717) is 25.2 Å². The minimum absolute atomic E-state index is 0.0346. The lowest BCUT2D eigenvalue weighted by molar-refractivity contribution is -0.117. The highest BCUT2D eigenvalue weighted by molar-refractivity contribution is 5.96. The van der Waals surface area contributed by atoms with E-state index in [9.17, 15) is 9.59 Å². The zero-order valence-electron chi connectivity index (χ0n) is 21.0. The van der Waals surface area contributed by atoms with Crippen molar-refractivity contribution in [3.05, 3.63) is 89.6 Å². The zero-order valence-corrected chi connectivity index (χ0v) is 21.0. The van der Waals surface area contributed by atoms with Crippen molar-refractivity contribution in [2.75, 3.05) is 31.6 Å². The van der Waals surface area contributed by atoms with Gasteiger partial charge in [0.2, 0.25) is 5.91 Å². The Balaban J connectivity index is 1.26. The molecule has 0 aliphatic heterocycles. The summed E-state index contributed by atoms with van der Waals surface area (Å²) in [7, 11) is 0. The fourth-order valence-corrected chi connectivity index (χ4v) is 5.10. The van der Waals surface area contributed by atoms with Crippen molar-refractivity contribution in [2.24, 2.45) is 5.73 Å². The quantitative estimate of drug-likeness (QED) is 0.270. The number of rotatable bonds is 9. The van der Waals surface area contributed by atoms with Gasteiger partial charge in [-0.15, -0.1) is 0 Å². The maximum absolute atomic E-state index is 13.2. The standard InChI is InChI=1S/C30H32N4O3/c1-20-16-21-17-22(12-13-28(21)32-20)33-29(35)18-34(15-7-6-14-31)30(36)37-19-27-25-10-4-2-8-23(25)24-9-3-5-11-26(24)27/h2-5,8-13,16-17,27,32H,6-7,14-15,18-19,31H2,1H3,(H,33,35). The molecule has 190 valence electrons. The van der Waals surface area contributed by atoms with Crippen LogP contribution in [0.3, 0.4) is 0 Å². The maximum Gasteiger partial charge on any atom is 0.410 e. The third-order valence-electron chi connectivity index (χ3n) is 6.85. The summed E-state index contributed by atoms with van der Waals surface area (Å²) in [6.45, 7) is 3.04. The summed E-state index contributed by atoms with van der Waals surface area (Å²) in [5.41, 5.74) is 13.1.